The number of carboxylic acid groups (broad SMARTS) is 1. The van der Waals surface area contributed by atoms with Gasteiger partial charge in [-0.1, -0.05) is 13.8 Å². The van der Waals surface area contributed by atoms with E-state index in [1.165, 1.54) is 6.92 Å². The Morgan fingerprint density at radius 3 is 1.79 bits per heavy atom. The van der Waals surface area contributed by atoms with Gasteiger partial charge in [-0.2, -0.15) is 0 Å². The van der Waals surface area contributed by atoms with Crippen LogP contribution in [0.15, 0.2) is 0 Å². The van der Waals surface area contributed by atoms with Gasteiger partial charge in [0.1, 0.15) is 6.04 Å². The fourth-order valence-electron chi connectivity index (χ4n) is 0.609. The summed E-state index contributed by atoms with van der Waals surface area (Å²) in [4.78, 5) is 19.3. The van der Waals surface area contributed by atoms with Crippen LogP contribution in [-0.2, 0) is 9.59 Å². The van der Waals surface area contributed by atoms with E-state index in [2.05, 4.69) is 11.6 Å². The first-order valence-corrected chi connectivity index (χ1v) is 4.29. The van der Waals surface area contributed by atoms with Crippen molar-refractivity contribution >= 4 is 35.2 Å². The summed E-state index contributed by atoms with van der Waals surface area (Å²) < 4.78 is 0. The Morgan fingerprint density at radius 1 is 1.43 bits per heavy atom. The van der Waals surface area contributed by atoms with Gasteiger partial charge in [0, 0.05) is 6.92 Å². The van der Waals surface area contributed by atoms with Crippen LogP contribution in [0.25, 0.3) is 0 Å². The fourth-order valence-corrected chi connectivity index (χ4v) is 0.609. The minimum atomic E-state index is -0.913. The number of carbonyl (C=O) groups excluding carboxylic acids is 1. The third-order valence-corrected chi connectivity index (χ3v) is 1.04. The van der Waals surface area contributed by atoms with E-state index in [0.717, 1.165) is 0 Å². The van der Waals surface area contributed by atoms with Crippen molar-refractivity contribution in [3.8, 4) is 0 Å². The zero-order valence-corrected chi connectivity index (χ0v) is 10.1. The van der Waals surface area contributed by atoms with Crippen LogP contribution < -0.4 is 5.73 Å². The summed E-state index contributed by atoms with van der Waals surface area (Å²) in [5, 5.41) is 7.94. The number of carboxylic acids is 1. The highest BCUT2D eigenvalue weighted by molar-refractivity contribution is 6.62. The molecule has 0 aromatic rings. The zero-order chi connectivity index (χ0) is 11.0. The third-order valence-electron chi connectivity index (χ3n) is 1.04. The molecule has 0 aliphatic heterocycles. The third kappa shape index (κ3) is 22.6. The summed E-state index contributed by atoms with van der Waals surface area (Å²) in [7, 11) is 0. The normalized spacial score (nSPS) is 10.7. The summed E-state index contributed by atoms with van der Waals surface area (Å²) in [5.41, 5.74) is 5.22. The Hall–Kier alpha value is -0.320. The molecule has 3 N–H and O–H groups in total. The monoisotopic (exact) mass is 245 g/mol. The number of aliphatic carboxylic acids is 1. The summed E-state index contributed by atoms with van der Waals surface area (Å²) >= 11 is 4.64. The van der Waals surface area contributed by atoms with E-state index in [1.807, 2.05) is 13.8 Å². The first kappa shape index (κ1) is 19.3. The maximum absolute atomic E-state index is 10.1. The predicted molar refractivity (Wildman–Crippen MR) is 58.8 cm³/mol. The second-order valence-corrected chi connectivity index (χ2v) is 3.58. The molecule has 0 aromatic carbocycles. The molecule has 1 atom stereocenters. The molecular weight excluding hydrogens is 229 g/mol. The highest BCUT2D eigenvalue weighted by Gasteiger charge is 2.11. The molecule has 0 spiro atoms. The van der Waals surface area contributed by atoms with Crippen molar-refractivity contribution in [2.75, 3.05) is 0 Å². The first-order valence-electron chi connectivity index (χ1n) is 3.91. The molecule has 4 nitrogen and oxygen atoms in total. The predicted octanol–water partition coefficient (Wildman–Crippen LogP) is 1.64. The number of halogens is 2. The van der Waals surface area contributed by atoms with E-state index in [4.69, 9.17) is 10.8 Å². The average Bonchev–Trinajstić information content (AvgIpc) is 1.83. The highest BCUT2D eigenvalue weighted by atomic mass is 35.5. The van der Waals surface area contributed by atoms with E-state index < -0.39 is 12.0 Å². The van der Waals surface area contributed by atoms with Crippen LogP contribution in [0.2, 0.25) is 0 Å². The van der Waals surface area contributed by atoms with Crippen LogP contribution in [0.5, 0.6) is 0 Å². The van der Waals surface area contributed by atoms with Gasteiger partial charge >= 0.3 is 5.97 Å². The van der Waals surface area contributed by atoms with Crippen molar-refractivity contribution in [1.29, 1.82) is 0 Å². The average molecular weight is 246 g/mol. The van der Waals surface area contributed by atoms with Crippen LogP contribution >= 0.6 is 24.0 Å². The van der Waals surface area contributed by atoms with Crippen molar-refractivity contribution < 1.29 is 14.7 Å². The van der Waals surface area contributed by atoms with E-state index in [9.17, 15) is 9.59 Å². The molecule has 0 saturated heterocycles. The Kier molecular flexibility index (Phi) is 14.8. The van der Waals surface area contributed by atoms with E-state index in [-0.39, 0.29) is 17.6 Å². The minimum absolute atomic E-state index is 0. The molecule has 0 rings (SSSR count). The SMILES string of the molecule is CC(=O)Cl.CC(C)C[C@H](N)C(=O)O.Cl. The van der Waals surface area contributed by atoms with Gasteiger partial charge in [0.05, 0.1) is 0 Å². The molecule has 86 valence electrons. The lowest BCUT2D eigenvalue weighted by atomic mass is 10.1. The van der Waals surface area contributed by atoms with Crippen molar-refractivity contribution in [3.05, 3.63) is 0 Å². The van der Waals surface area contributed by atoms with Gasteiger partial charge in [-0.05, 0) is 23.9 Å². The van der Waals surface area contributed by atoms with Gasteiger partial charge in [0.2, 0.25) is 5.24 Å². The Bertz CT molecular complexity index is 170. The van der Waals surface area contributed by atoms with Gasteiger partial charge < -0.3 is 10.8 Å². The maximum Gasteiger partial charge on any atom is 0.320 e. The quantitative estimate of drug-likeness (QED) is 0.742. The molecule has 0 saturated carbocycles. The van der Waals surface area contributed by atoms with E-state index in [1.54, 1.807) is 0 Å². The number of hydrogen-bond donors (Lipinski definition) is 2. The lowest BCUT2D eigenvalue weighted by Gasteiger charge is -2.07. The summed E-state index contributed by atoms with van der Waals surface area (Å²) in [6.07, 6.45) is 0.551. The van der Waals surface area contributed by atoms with Crippen LogP contribution in [-0.4, -0.2) is 22.4 Å². The molecule has 0 fully saturated rings. The molecule has 0 aromatic heterocycles. The van der Waals surface area contributed by atoms with E-state index in [0.29, 0.717) is 12.3 Å². The second-order valence-electron chi connectivity index (χ2n) is 3.04. The maximum atomic E-state index is 10.1. The summed E-state index contributed by atoms with van der Waals surface area (Å²) in [6.45, 7) is 5.19. The smallest absolute Gasteiger partial charge is 0.320 e. The van der Waals surface area contributed by atoms with Crippen molar-refractivity contribution in [3.63, 3.8) is 0 Å². The Labute approximate surface area is 95.2 Å². The lowest BCUT2D eigenvalue weighted by Crippen LogP contribution is -2.31. The topological polar surface area (TPSA) is 80.4 Å². The largest absolute Gasteiger partial charge is 0.480 e. The molecule has 0 amide bonds. The number of hydrogen-bond acceptors (Lipinski definition) is 3. The molecule has 6 heteroatoms. The Balaban J connectivity index is -0.000000209. The van der Waals surface area contributed by atoms with Crippen LogP contribution in [0.4, 0.5) is 0 Å². The molecule has 0 bridgehead atoms. The van der Waals surface area contributed by atoms with Crippen LogP contribution in [0.3, 0.4) is 0 Å². The highest BCUT2D eigenvalue weighted by Crippen LogP contribution is 2.01. The zero-order valence-electron chi connectivity index (χ0n) is 8.49. The van der Waals surface area contributed by atoms with Crippen LogP contribution in [0, 0.1) is 5.92 Å². The summed E-state index contributed by atoms with van der Waals surface area (Å²) in [5.74, 6) is -0.556. The van der Waals surface area contributed by atoms with Gasteiger partial charge in [-0.15, -0.1) is 12.4 Å². The second kappa shape index (κ2) is 10.8. The van der Waals surface area contributed by atoms with Crippen molar-refractivity contribution in [1.82, 2.24) is 0 Å². The molecule has 0 aliphatic carbocycles. The molecule has 14 heavy (non-hydrogen) atoms. The molecular formula is C8H17Cl2NO3. The standard InChI is InChI=1S/C6H13NO2.C2H3ClO.ClH/c1-4(2)3-5(7)6(8)9;1-2(3)4;/h4-5H,3,7H2,1-2H3,(H,8,9);1H3;1H/t5-;;/m0../s1. The number of carbonyl (C=O) groups is 2. The van der Waals surface area contributed by atoms with Crippen molar-refractivity contribution in [2.24, 2.45) is 11.7 Å². The van der Waals surface area contributed by atoms with E-state index >= 15 is 0 Å². The molecule has 0 aliphatic rings. The number of rotatable bonds is 3. The molecule has 0 radical (unpaired) electrons. The van der Waals surface area contributed by atoms with Gasteiger partial charge in [-0.3, -0.25) is 9.59 Å². The minimum Gasteiger partial charge on any atom is -0.480 e. The van der Waals surface area contributed by atoms with Gasteiger partial charge in [0.25, 0.3) is 0 Å². The fraction of sp³-hybridized carbons (Fsp3) is 0.750. The van der Waals surface area contributed by atoms with Gasteiger partial charge in [-0.25, -0.2) is 0 Å². The van der Waals surface area contributed by atoms with Gasteiger partial charge in [0.15, 0.2) is 0 Å². The lowest BCUT2D eigenvalue weighted by molar-refractivity contribution is -0.138. The summed E-state index contributed by atoms with van der Waals surface area (Å²) in [6, 6.07) is -0.690. The molecule has 0 heterocycles. The van der Waals surface area contributed by atoms with Crippen LogP contribution in [0.1, 0.15) is 27.2 Å². The Morgan fingerprint density at radius 2 is 1.71 bits per heavy atom. The molecule has 0 unspecified atom stereocenters. The van der Waals surface area contributed by atoms with Crippen molar-refractivity contribution in [2.45, 2.75) is 33.2 Å². The number of nitrogens with two attached hydrogens (primary N) is 1. The first-order chi connectivity index (χ1) is 5.77.